The van der Waals surface area contributed by atoms with Crippen LogP contribution in [0.1, 0.15) is 37.0 Å². The molecule has 1 aliphatic heterocycles. The third kappa shape index (κ3) is 4.97. The van der Waals surface area contributed by atoms with Crippen LogP contribution >= 0.6 is 11.8 Å². The quantitative estimate of drug-likeness (QED) is 0.781. The number of hydrogen-bond acceptors (Lipinski definition) is 4. The SMILES string of the molecule is CC(Sc1ccccc1C(=O)NC(C)C1CCOCC1)C(=O)O. The lowest BCUT2D eigenvalue weighted by Crippen LogP contribution is -2.40. The van der Waals surface area contributed by atoms with Gasteiger partial charge in [0.05, 0.1) is 5.56 Å². The number of benzene rings is 1. The zero-order valence-electron chi connectivity index (χ0n) is 13.5. The predicted octanol–water partition coefficient (Wildman–Crippen LogP) is 2.80. The summed E-state index contributed by atoms with van der Waals surface area (Å²) in [7, 11) is 0. The van der Waals surface area contributed by atoms with Crippen molar-refractivity contribution in [3.05, 3.63) is 29.8 Å². The molecule has 5 nitrogen and oxygen atoms in total. The highest BCUT2D eigenvalue weighted by atomic mass is 32.2. The molecule has 0 aliphatic carbocycles. The maximum Gasteiger partial charge on any atom is 0.316 e. The van der Waals surface area contributed by atoms with Gasteiger partial charge in [0, 0.05) is 24.2 Å². The Morgan fingerprint density at radius 3 is 2.57 bits per heavy atom. The first-order chi connectivity index (χ1) is 11.0. The molecule has 6 heteroatoms. The molecule has 0 bridgehead atoms. The summed E-state index contributed by atoms with van der Waals surface area (Å²) < 4.78 is 5.35. The number of carboxylic acids is 1. The molecule has 0 radical (unpaired) electrons. The molecule has 0 spiro atoms. The minimum atomic E-state index is -0.888. The molecule has 2 atom stereocenters. The van der Waals surface area contributed by atoms with Gasteiger partial charge in [0.25, 0.3) is 5.91 Å². The van der Waals surface area contributed by atoms with Crippen LogP contribution in [0.25, 0.3) is 0 Å². The van der Waals surface area contributed by atoms with E-state index in [9.17, 15) is 9.59 Å². The molecule has 0 saturated carbocycles. The lowest BCUT2D eigenvalue weighted by Gasteiger charge is -2.28. The number of thioether (sulfide) groups is 1. The van der Waals surface area contributed by atoms with Crippen LogP contribution in [0.4, 0.5) is 0 Å². The van der Waals surface area contributed by atoms with Gasteiger partial charge >= 0.3 is 5.97 Å². The van der Waals surface area contributed by atoms with Crippen LogP contribution in [0.5, 0.6) is 0 Å². The van der Waals surface area contributed by atoms with Crippen LogP contribution < -0.4 is 5.32 Å². The molecule has 1 aromatic carbocycles. The summed E-state index contributed by atoms with van der Waals surface area (Å²) in [6.07, 6.45) is 1.90. The van der Waals surface area contributed by atoms with Gasteiger partial charge in [0.2, 0.25) is 0 Å². The van der Waals surface area contributed by atoms with E-state index in [1.807, 2.05) is 13.0 Å². The summed E-state index contributed by atoms with van der Waals surface area (Å²) in [4.78, 5) is 24.3. The van der Waals surface area contributed by atoms with Gasteiger partial charge in [-0.25, -0.2) is 0 Å². The fraction of sp³-hybridized carbons (Fsp3) is 0.529. The van der Waals surface area contributed by atoms with E-state index in [2.05, 4.69) is 5.32 Å². The van der Waals surface area contributed by atoms with E-state index in [4.69, 9.17) is 9.84 Å². The average molecular weight is 337 g/mol. The molecule has 2 unspecified atom stereocenters. The summed E-state index contributed by atoms with van der Waals surface area (Å²) in [5.41, 5.74) is 0.532. The number of ether oxygens (including phenoxy) is 1. The van der Waals surface area contributed by atoms with Gasteiger partial charge in [-0.1, -0.05) is 12.1 Å². The molecular formula is C17H23NO4S. The Balaban J connectivity index is 2.05. The van der Waals surface area contributed by atoms with Gasteiger partial charge in [-0.15, -0.1) is 11.8 Å². The molecule has 2 N–H and O–H groups in total. The Kier molecular flexibility index (Phi) is 6.47. The molecule has 1 aromatic rings. The van der Waals surface area contributed by atoms with Crippen LogP contribution in [-0.4, -0.2) is 41.5 Å². The first-order valence-electron chi connectivity index (χ1n) is 7.86. The van der Waals surface area contributed by atoms with Gasteiger partial charge in [0.15, 0.2) is 0 Å². The standard InChI is InChI=1S/C17H23NO4S/c1-11(13-7-9-22-10-8-13)18-16(19)14-5-3-4-6-15(14)23-12(2)17(20)21/h3-6,11-13H,7-10H2,1-2H3,(H,18,19)(H,20,21). The second kappa shape index (κ2) is 8.36. The third-order valence-corrected chi connectivity index (χ3v) is 5.28. The lowest BCUT2D eigenvalue weighted by molar-refractivity contribution is -0.136. The Hall–Kier alpha value is -1.53. The molecule has 1 amide bonds. The molecule has 2 rings (SSSR count). The van der Waals surface area contributed by atoms with Crippen molar-refractivity contribution in [2.24, 2.45) is 5.92 Å². The van der Waals surface area contributed by atoms with Crippen molar-refractivity contribution in [3.63, 3.8) is 0 Å². The number of carbonyl (C=O) groups is 2. The fourth-order valence-electron chi connectivity index (χ4n) is 2.62. The van der Waals surface area contributed by atoms with E-state index in [1.165, 1.54) is 11.8 Å². The molecule has 1 saturated heterocycles. The minimum absolute atomic E-state index is 0.0707. The zero-order valence-corrected chi connectivity index (χ0v) is 14.3. The van der Waals surface area contributed by atoms with E-state index in [-0.39, 0.29) is 11.9 Å². The van der Waals surface area contributed by atoms with E-state index >= 15 is 0 Å². The van der Waals surface area contributed by atoms with Gasteiger partial charge in [-0.05, 0) is 44.7 Å². The fourth-order valence-corrected chi connectivity index (χ4v) is 3.54. The number of hydrogen-bond donors (Lipinski definition) is 2. The maximum atomic E-state index is 12.6. The second-order valence-corrected chi connectivity index (χ2v) is 7.19. The molecule has 1 fully saturated rings. The van der Waals surface area contributed by atoms with Gasteiger partial charge in [-0.3, -0.25) is 9.59 Å². The summed E-state index contributed by atoms with van der Waals surface area (Å²) in [6, 6.07) is 7.21. The van der Waals surface area contributed by atoms with Crippen LogP contribution in [0.3, 0.4) is 0 Å². The Morgan fingerprint density at radius 1 is 1.26 bits per heavy atom. The van der Waals surface area contributed by atoms with Gasteiger partial charge in [-0.2, -0.15) is 0 Å². The molecule has 0 aromatic heterocycles. The number of nitrogens with one attached hydrogen (secondary N) is 1. The van der Waals surface area contributed by atoms with Crippen molar-refractivity contribution in [3.8, 4) is 0 Å². The van der Waals surface area contributed by atoms with Crippen molar-refractivity contribution in [1.82, 2.24) is 5.32 Å². The maximum absolute atomic E-state index is 12.6. The summed E-state index contributed by atoms with van der Waals surface area (Å²) in [5, 5.41) is 11.5. The number of carbonyl (C=O) groups excluding carboxylic acids is 1. The Morgan fingerprint density at radius 2 is 1.91 bits per heavy atom. The second-order valence-electron chi connectivity index (χ2n) is 5.81. The monoisotopic (exact) mass is 337 g/mol. The van der Waals surface area contributed by atoms with Crippen molar-refractivity contribution < 1.29 is 19.4 Å². The molecular weight excluding hydrogens is 314 g/mol. The largest absolute Gasteiger partial charge is 0.480 e. The van der Waals surface area contributed by atoms with E-state index in [0.717, 1.165) is 26.1 Å². The van der Waals surface area contributed by atoms with E-state index < -0.39 is 11.2 Å². The Labute approximate surface area is 140 Å². The van der Waals surface area contributed by atoms with Crippen LogP contribution in [0, 0.1) is 5.92 Å². The molecule has 126 valence electrons. The predicted molar refractivity (Wildman–Crippen MR) is 89.9 cm³/mol. The smallest absolute Gasteiger partial charge is 0.316 e. The lowest BCUT2D eigenvalue weighted by atomic mass is 9.93. The van der Waals surface area contributed by atoms with Gasteiger partial charge in [0.1, 0.15) is 5.25 Å². The number of amides is 1. The normalized spacial score (nSPS) is 18.2. The molecule has 23 heavy (non-hydrogen) atoms. The van der Waals surface area contributed by atoms with Crippen molar-refractivity contribution >= 4 is 23.6 Å². The highest BCUT2D eigenvalue weighted by Gasteiger charge is 2.24. The minimum Gasteiger partial charge on any atom is -0.480 e. The first-order valence-corrected chi connectivity index (χ1v) is 8.74. The van der Waals surface area contributed by atoms with Crippen molar-refractivity contribution in [2.45, 2.75) is 42.9 Å². The number of aliphatic carboxylic acids is 1. The van der Waals surface area contributed by atoms with Crippen molar-refractivity contribution in [2.75, 3.05) is 13.2 Å². The topological polar surface area (TPSA) is 75.6 Å². The molecule has 1 heterocycles. The zero-order chi connectivity index (χ0) is 16.8. The van der Waals surface area contributed by atoms with Crippen LogP contribution in [0.15, 0.2) is 29.2 Å². The van der Waals surface area contributed by atoms with E-state index in [0.29, 0.717) is 16.4 Å². The highest BCUT2D eigenvalue weighted by Crippen LogP contribution is 2.27. The average Bonchev–Trinajstić information content (AvgIpc) is 2.55. The summed E-state index contributed by atoms with van der Waals surface area (Å²) >= 11 is 1.19. The highest BCUT2D eigenvalue weighted by molar-refractivity contribution is 8.00. The molecule has 1 aliphatic rings. The van der Waals surface area contributed by atoms with Gasteiger partial charge < -0.3 is 15.2 Å². The first kappa shape index (κ1) is 17.8. The Bertz CT molecular complexity index is 557. The summed E-state index contributed by atoms with van der Waals surface area (Å²) in [5.74, 6) is -0.615. The third-order valence-electron chi connectivity index (χ3n) is 4.12. The number of rotatable bonds is 6. The summed E-state index contributed by atoms with van der Waals surface area (Å²) in [6.45, 7) is 5.12. The van der Waals surface area contributed by atoms with Crippen molar-refractivity contribution in [1.29, 1.82) is 0 Å². The van der Waals surface area contributed by atoms with Crippen LogP contribution in [0.2, 0.25) is 0 Å². The van der Waals surface area contributed by atoms with E-state index in [1.54, 1.807) is 25.1 Å². The number of carboxylic acid groups (broad SMARTS) is 1. The van der Waals surface area contributed by atoms with Crippen LogP contribution in [-0.2, 0) is 9.53 Å².